The van der Waals surface area contributed by atoms with Crippen molar-refractivity contribution < 1.29 is 0 Å². The number of hydrogen-bond acceptors (Lipinski definition) is 1. The van der Waals surface area contributed by atoms with Crippen molar-refractivity contribution in [3.05, 3.63) is 65.7 Å². The fourth-order valence-electron chi connectivity index (χ4n) is 2.73. The summed E-state index contributed by atoms with van der Waals surface area (Å²) in [5, 5.41) is 0.595. The van der Waals surface area contributed by atoms with Crippen LogP contribution in [0.3, 0.4) is 0 Å². The van der Waals surface area contributed by atoms with Crippen LogP contribution >= 0.6 is 12.2 Å². The van der Waals surface area contributed by atoms with Crippen molar-refractivity contribution in [2.75, 3.05) is 24.5 Å². The molecule has 0 fully saturated rings. The predicted octanol–water partition coefficient (Wildman–Crippen LogP) is 4.89. The quantitative estimate of drug-likeness (QED) is 0.433. The molecule has 0 atom stereocenters. The fourth-order valence-corrected chi connectivity index (χ4v) is 3.05. The third-order valence-electron chi connectivity index (χ3n) is 4.19. The summed E-state index contributed by atoms with van der Waals surface area (Å²) in [5.41, 5.74) is 3.41. The third-order valence-corrected chi connectivity index (χ3v) is 4.50. The fraction of sp³-hybridized carbons (Fsp3) is 0.333. The summed E-state index contributed by atoms with van der Waals surface area (Å²) in [6.07, 6.45) is 0. The van der Waals surface area contributed by atoms with E-state index in [9.17, 15) is 0 Å². The van der Waals surface area contributed by atoms with Gasteiger partial charge in [0, 0.05) is 30.9 Å². The topological polar surface area (TPSA) is 18.8 Å². The summed E-state index contributed by atoms with van der Waals surface area (Å²) >= 11 is 5.69. The number of aliphatic imine (C=N–C) groups is 1. The zero-order valence-electron chi connectivity index (χ0n) is 15.6. The van der Waals surface area contributed by atoms with Crippen molar-refractivity contribution in [2.45, 2.75) is 27.7 Å². The Bertz CT molecular complexity index is 704. The zero-order valence-corrected chi connectivity index (χ0v) is 16.4. The normalized spacial score (nSPS) is 11.3. The molecule has 0 saturated carbocycles. The molecule has 132 valence electrons. The van der Waals surface area contributed by atoms with E-state index in [0.29, 0.717) is 5.11 Å². The minimum absolute atomic E-state index is 0.595. The molecule has 0 saturated heterocycles. The Balaban J connectivity index is 2.39. The molecule has 0 N–H and O–H groups in total. The standard InChI is InChI=1S/C21H27N3S/c1-5-23(6-2)20(18-11-9-8-10-12-18)22-21(25)24(7-3)19-15-13-17(4)14-16-19/h8-16H,5-7H2,1-4H3. The van der Waals surface area contributed by atoms with Crippen LogP contribution in [0.5, 0.6) is 0 Å². The van der Waals surface area contributed by atoms with Gasteiger partial charge in [-0.15, -0.1) is 0 Å². The van der Waals surface area contributed by atoms with E-state index in [1.165, 1.54) is 5.56 Å². The second-order valence-corrected chi connectivity index (χ2v) is 6.20. The largest absolute Gasteiger partial charge is 0.357 e. The molecule has 0 aliphatic heterocycles. The Morgan fingerprint density at radius 3 is 2.00 bits per heavy atom. The summed E-state index contributed by atoms with van der Waals surface area (Å²) < 4.78 is 0. The number of amidine groups is 1. The van der Waals surface area contributed by atoms with E-state index in [2.05, 4.69) is 73.9 Å². The third kappa shape index (κ3) is 4.89. The molecule has 25 heavy (non-hydrogen) atoms. The highest BCUT2D eigenvalue weighted by Crippen LogP contribution is 2.17. The van der Waals surface area contributed by atoms with Crippen molar-refractivity contribution in [1.29, 1.82) is 0 Å². The minimum atomic E-state index is 0.595. The van der Waals surface area contributed by atoms with E-state index >= 15 is 0 Å². The summed E-state index contributed by atoms with van der Waals surface area (Å²) in [4.78, 5) is 9.17. The first-order valence-electron chi connectivity index (χ1n) is 8.87. The number of benzene rings is 2. The molecule has 0 aliphatic carbocycles. The molecule has 2 rings (SSSR count). The molecule has 0 aliphatic rings. The molecule has 2 aromatic rings. The van der Waals surface area contributed by atoms with Crippen molar-refractivity contribution in [3.63, 3.8) is 0 Å². The van der Waals surface area contributed by atoms with Gasteiger partial charge in [-0.05, 0) is 52.0 Å². The maximum atomic E-state index is 5.69. The zero-order chi connectivity index (χ0) is 18.2. The number of hydrogen-bond donors (Lipinski definition) is 0. The second-order valence-electron chi connectivity index (χ2n) is 5.84. The van der Waals surface area contributed by atoms with Crippen LogP contribution in [-0.2, 0) is 0 Å². The maximum Gasteiger partial charge on any atom is 0.201 e. The van der Waals surface area contributed by atoms with Crippen LogP contribution in [-0.4, -0.2) is 35.5 Å². The molecule has 0 bridgehead atoms. The lowest BCUT2D eigenvalue weighted by Gasteiger charge is -2.26. The van der Waals surface area contributed by atoms with E-state index in [1.807, 2.05) is 18.2 Å². The molecule has 0 amide bonds. The summed E-state index contributed by atoms with van der Waals surface area (Å²) in [7, 11) is 0. The molecule has 0 spiro atoms. The Morgan fingerprint density at radius 1 is 0.880 bits per heavy atom. The molecule has 2 aromatic carbocycles. The molecule has 4 heteroatoms. The lowest BCUT2D eigenvalue weighted by molar-refractivity contribution is 0.467. The van der Waals surface area contributed by atoms with Gasteiger partial charge in [-0.25, -0.2) is 4.99 Å². The Hall–Kier alpha value is -2.20. The van der Waals surface area contributed by atoms with Gasteiger partial charge in [0.2, 0.25) is 5.11 Å². The summed E-state index contributed by atoms with van der Waals surface area (Å²) in [5.74, 6) is 0.932. The van der Waals surface area contributed by atoms with Gasteiger partial charge in [-0.1, -0.05) is 48.0 Å². The smallest absolute Gasteiger partial charge is 0.201 e. The van der Waals surface area contributed by atoms with E-state index in [1.54, 1.807) is 0 Å². The summed E-state index contributed by atoms with van der Waals surface area (Å²) in [6.45, 7) is 11.0. The van der Waals surface area contributed by atoms with Crippen LogP contribution in [0.25, 0.3) is 0 Å². The average molecular weight is 354 g/mol. The van der Waals surface area contributed by atoms with Crippen LogP contribution in [0.15, 0.2) is 59.6 Å². The number of aryl methyl sites for hydroxylation is 1. The van der Waals surface area contributed by atoms with Crippen molar-refractivity contribution in [3.8, 4) is 0 Å². The lowest BCUT2D eigenvalue weighted by Crippen LogP contribution is -2.35. The first-order chi connectivity index (χ1) is 12.1. The van der Waals surface area contributed by atoms with Gasteiger partial charge in [0.15, 0.2) is 0 Å². The predicted molar refractivity (Wildman–Crippen MR) is 113 cm³/mol. The van der Waals surface area contributed by atoms with Gasteiger partial charge in [-0.2, -0.15) is 0 Å². The van der Waals surface area contributed by atoms with E-state index < -0.39 is 0 Å². The van der Waals surface area contributed by atoms with Gasteiger partial charge in [0.05, 0.1) is 0 Å². The number of rotatable bonds is 5. The first kappa shape index (κ1) is 19.1. The van der Waals surface area contributed by atoms with E-state index in [-0.39, 0.29) is 0 Å². The van der Waals surface area contributed by atoms with Crippen LogP contribution < -0.4 is 4.90 Å². The monoisotopic (exact) mass is 353 g/mol. The Labute approximate surface area is 157 Å². The number of nitrogens with zero attached hydrogens (tertiary/aromatic N) is 3. The van der Waals surface area contributed by atoms with Gasteiger partial charge < -0.3 is 9.80 Å². The number of anilines is 1. The first-order valence-corrected chi connectivity index (χ1v) is 9.28. The van der Waals surface area contributed by atoms with E-state index in [0.717, 1.165) is 36.7 Å². The highest BCUT2D eigenvalue weighted by atomic mass is 32.1. The highest BCUT2D eigenvalue weighted by molar-refractivity contribution is 7.80. The molecule has 0 radical (unpaired) electrons. The van der Waals surface area contributed by atoms with Crippen LogP contribution in [0.2, 0.25) is 0 Å². The Kier molecular flexibility index (Phi) is 7.14. The van der Waals surface area contributed by atoms with Gasteiger partial charge in [-0.3, -0.25) is 0 Å². The van der Waals surface area contributed by atoms with Gasteiger partial charge in [0.1, 0.15) is 5.84 Å². The average Bonchev–Trinajstić information content (AvgIpc) is 2.64. The second kappa shape index (κ2) is 9.33. The molecule has 0 heterocycles. The molecule has 0 aromatic heterocycles. The SMILES string of the molecule is CCN(CC)C(=NC(=S)N(CC)c1ccc(C)cc1)c1ccccc1. The minimum Gasteiger partial charge on any atom is -0.357 e. The molecule has 0 unspecified atom stereocenters. The number of thiocarbonyl (C=S) groups is 1. The molecular formula is C21H27N3S. The van der Waals surface area contributed by atoms with Crippen molar-refractivity contribution in [1.82, 2.24) is 4.90 Å². The van der Waals surface area contributed by atoms with E-state index in [4.69, 9.17) is 17.2 Å². The van der Waals surface area contributed by atoms with Crippen LogP contribution in [0.1, 0.15) is 31.9 Å². The molecular weight excluding hydrogens is 326 g/mol. The highest BCUT2D eigenvalue weighted by Gasteiger charge is 2.15. The van der Waals surface area contributed by atoms with Gasteiger partial charge in [0.25, 0.3) is 0 Å². The molecule has 3 nitrogen and oxygen atoms in total. The Morgan fingerprint density at radius 2 is 1.48 bits per heavy atom. The van der Waals surface area contributed by atoms with Crippen LogP contribution in [0, 0.1) is 6.92 Å². The maximum absolute atomic E-state index is 5.69. The van der Waals surface area contributed by atoms with Crippen molar-refractivity contribution in [2.24, 2.45) is 4.99 Å². The van der Waals surface area contributed by atoms with Crippen LogP contribution in [0.4, 0.5) is 5.69 Å². The summed E-state index contributed by atoms with van der Waals surface area (Å²) in [6, 6.07) is 18.7. The lowest BCUT2D eigenvalue weighted by atomic mass is 10.2. The van der Waals surface area contributed by atoms with Crippen molar-refractivity contribution >= 4 is 28.9 Å². The van der Waals surface area contributed by atoms with Gasteiger partial charge >= 0.3 is 0 Å².